The first-order chi connectivity index (χ1) is 14.1. The molecule has 1 aromatic heterocycles. The highest BCUT2D eigenvalue weighted by molar-refractivity contribution is 5.75. The topological polar surface area (TPSA) is 71.3 Å². The predicted molar refractivity (Wildman–Crippen MR) is 113 cm³/mol. The van der Waals surface area contributed by atoms with Crippen LogP contribution < -0.4 is 5.32 Å². The molecule has 0 saturated heterocycles. The lowest BCUT2D eigenvalue weighted by atomic mass is 10.1. The van der Waals surface area contributed by atoms with Crippen molar-refractivity contribution < 1.29 is 9.21 Å². The van der Waals surface area contributed by atoms with E-state index in [0.717, 1.165) is 25.1 Å². The van der Waals surface area contributed by atoms with Crippen molar-refractivity contribution in [2.75, 3.05) is 20.1 Å². The van der Waals surface area contributed by atoms with Gasteiger partial charge in [0.15, 0.2) is 0 Å². The van der Waals surface area contributed by atoms with Crippen LogP contribution in [-0.2, 0) is 17.8 Å². The molecule has 2 aromatic carbocycles. The summed E-state index contributed by atoms with van der Waals surface area (Å²) in [6.07, 6.45) is 1.70. The molecule has 0 atom stereocenters. The van der Waals surface area contributed by atoms with Crippen LogP contribution in [0.5, 0.6) is 0 Å². The molecule has 0 spiro atoms. The Morgan fingerprint density at radius 1 is 1.07 bits per heavy atom. The van der Waals surface area contributed by atoms with Crippen LogP contribution in [0.1, 0.15) is 29.9 Å². The van der Waals surface area contributed by atoms with E-state index in [0.29, 0.717) is 31.2 Å². The third kappa shape index (κ3) is 6.84. The fraction of sp³-hybridized carbons (Fsp3) is 0.348. The number of carbonyl (C=O) groups excluding carboxylic acids is 1. The zero-order chi connectivity index (χ0) is 20.5. The average molecular weight is 393 g/mol. The molecule has 1 N–H and O–H groups in total. The van der Waals surface area contributed by atoms with Crippen LogP contribution in [-0.4, -0.2) is 41.1 Å². The van der Waals surface area contributed by atoms with Crippen molar-refractivity contribution in [3.8, 4) is 11.5 Å². The van der Waals surface area contributed by atoms with E-state index < -0.39 is 0 Å². The summed E-state index contributed by atoms with van der Waals surface area (Å²) in [5, 5.41) is 11.1. The largest absolute Gasteiger partial charge is 0.421 e. The molecule has 0 aliphatic heterocycles. The van der Waals surface area contributed by atoms with Gasteiger partial charge in [-0.3, -0.25) is 4.79 Å². The van der Waals surface area contributed by atoms with Gasteiger partial charge in [0, 0.05) is 31.5 Å². The number of hydrogen-bond donors (Lipinski definition) is 1. The molecule has 1 amide bonds. The molecule has 3 rings (SSSR count). The van der Waals surface area contributed by atoms with Crippen molar-refractivity contribution in [1.29, 1.82) is 0 Å². The van der Waals surface area contributed by atoms with Crippen LogP contribution in [0.3, 0.4) is 0 Å². The molecule has 0 fully saturated rings. The van der Waals surface area contributed by atoms with Crippen LogP contribution in [0.15, 0.2) is 59.0 Å². The van der Waals surface area contributed by atoms with E-state index in [1.807, 2.05) is 37.3 Å². The second kappa shape index (κ2) is 10.5. The molecule has 6 heteroatoms. The molecule has 6 nitrogen and oxygen atoms in total. The summed E-state index contributed by atoms with van der Waals surface area (Å²) in [5.74, 6) is 0.978. The number of amides is 1. The summed E-state index contributed by atoms with van der Waals surface area (Å²) in [7, 11) is 2.09. The van der Waals surface area contributed by atoms with Gasteiger partial charge in [-0.25, -0.2) is 0 Å². The van der Waals surface area contributed by atoms with E-state index in [-0.39, 0.29) is 5.91 Å². The predicted octanol–water partition coefficient (Wildman–Crippen LogP) is 3.62. The number of nitrogens with zero attached hydrogens (tertiary/aromatic N) is 3. The maximum atomic E-state index is 12.1. The highest BCUT2D eigenvalue weighted by atomic mass is 16.4. The summed E-state index contributed by atoms with van der Waals surface area (Å²) in [5.41, 5.74) is 3.36. The van der Waals surface area contributed by atoms with Crippen molar-refractivity contribution in [3.63, 3.8) is 0 Å². The minimum atomic E-state index is 0.00537. The monoisotopic (exact) mass is 392 g/mol. The fourth-order valence-electron chi connectivity index (χ4n) is 3.03. The molecular weight excluding hydrogens is 364 g/mol. The molecule has 152 valence electrons. The lowest BCUT2D eigenvalue weighted by molar-refractivity contribution is -0.121. The summed E-state index contributed by atoms with van der Waals surface area (Å²) < 4.78 is 5.66. The first-order valence-corrected chi connectivity index (χ1v) is 9.99. The first-order valence-electron chi connectivity index (χ1n) is 9.99. The minimum Gasteiger partial charge on any atom is -0.421 e. The number of aryl methyl sites for hydroxylation is 2. The van der Waals surface area contributed by atoms with E-state index in [2.05, 4.69) is 51.7 Å². The molecule has 1 heterocycles. The van der Waals surface area contributed by atoms with E-state index in [9.17, 15) is 4.79 Å². The zero-order valence-corrected chi connectivity index (χ0v) is 17.1. The normalized spacial score (nSPS) is 11.0. The lowest BCUT2D eigenvalue weighted by Crippen LogP contribution is -2.28. The second-order valence-electron chi connectivity index (χ2n) is 7.29. The molecule has 0 bridgehead atoms. The van der Waals surface area contributed by atoms with Crippen molar-refractivity contribution >= 4 is 5.91 Å². The number of benzene rings is 2. The Kier molecular flexibility index (Phi) is 7.53. The summed E-state index contributed by atoms with van der Waals surface area (Å²) >= 11 is 0. The number of carbonyl (C=O) groups is 1. The van der Waals surface area contributed by atoms with Crippen LogP contribution in [0, 0.1) is 6.92 Å². The average Bonchev–Trinajstić information content (AvgIpc) is 3.20. The molecule has 29 heavy (non-hydrogen) atoms. The van der Waals surface area contributed by atoms with E-state index in [4.69, 9.17) is 4.42 Å². The van der Waals surface area contributed by atoms with Gasteiger partial charge in [0.2, 0.25) is 17.7 Å². The number of aromatic nitrogens is 2. The van der Waals surface area contributed by atoms with Gasteiger partial charge in [0.05, 0.1) is 0 Å². The van der Waals surface area contributed by atoms with Crippen LogP contribution in [0.4, 0.5) is 0 Å². The molecule has 0 saturated carbocycles. The van der Waals surface area contributed by atoms with E-state index in [1.165, 1.54) is 11.1 Å². The van der Waals surface area contributed by atoms with Gasteiger partial charge >= 0.3 is 0 Å². The van der Waals surface area contributed by atoms with Crippen molar-refractivity contribution in [1.82, 2.24) is 20.4 Å². The van der Waals surface area contributed by atoms with Gasteiger partial charge in [-0.2, -0.15) is 0 Å². The lowest BCUT2D eigenvalue weighted by Gasteiger charge is -2.16. The Hall–Kier alpha value is -2.99. The van der Waals surface area contributed by atoms with Gasteiger partial charge in [-0.05, 0) is 44.6 Å². The quantitative estimate of drug-likeness (QED) is 0.534. The molecule has 0 unspecified atom stereocenters. The third-order valence-corrected chi connectivity index (χ3v) is 4.67. The third-order valence-electron chi connectivity index (χ3n) is 4.67. The highest BCUT2D eigenvalue weighted by Gasteiger charge is 2.10. The standard InChI is InChI=1S/C23H28N4O2/c1-18-9-11-20(12-10-18)23-26-25-22(29-23)14-13-21(28)24-15-6-16-27(2)17-19-7-4-3-5-8-19/h3-5,7-12H,6,13-17H2,1-2H3,(H,24,28). The van der Waals surface area contributed by atoms with Gasteiger partial charge in [-0.1, -0.05) is 48.0 Å². The SMILES string of the molecule is Cc1ccc(-c2nnc(CCC(=O)NCCCN(C)Cc3ccccc3)o2)cc1. The second-order valence-corrected chi connectivity index (χ2v) is 7.29. The van der Waals surface area contributed by atoms with Crippen LogP contribution in [0.2, 0.25) is 0 Å². The van der Waals surface area contributed by atoms with Gasteiger partial charge < -0.3 is 14.6 Å². The first kappa shape index (κ1) is 20.7. The maximum Gasteiger partial charge on any atom is 0.247 e. The van der Waals surface area contributed by atoms with Crippen molar-refractivity contribution in [2.45, 2.75) is 32.7 Å². The van der Waals surface area contributed by atoms with Crippen LogP contribution in [0.25, 0.3) is 11.5 Å². The summed E-state index contributed by atoms with van der Waals surface area (Å²) in [6, 6.07) is 18.3. The van der Waals surface area contributed by atoms with Crippen molar-refractivity contribution in [3.05, 3.63) is 71.6 Å². The Labute approximate surface area is 172 Å². The number of hydrogen-bond acceptors (Lipinski definition) is 5. The Morgan fingerprint density at radius 3 is 2.59 bits per heavy atom. The Balaban J connectivity index is 1.32. The molecule has 0 aliphatic carbocycles. The van der Waals surface area contributed by atoms with E-state index >= 15 is 0 Å². The maximum absolute atomic E-state index is 12.1. The summed E-state index contributed by atoms with van der Waals surface area (Å²) in [4.78, 5) is 14.3. The minimum absolute atomic E-state index is 0.00537. The van der Waals surface area contributed by atoms with Gasteiger partial charge in [0.1, 0.15) is 0 Å². The van der Waals surface area contributed by atoms with Gasteiger partial charge in [-0.15, -0.1) is 10.2 Å². The number of rotatable bonds is 10. The van der Waals surface area contributed by atoms with Gasteiger partial charge in [0.25, 0.3) is 0 Å². The van der Waals surface area contributed by atoms with Crippen molar-refractivity contribution in [2.24, 2.45) is 0 Å². The number of nitrogens with one attached hydrogen (secondary N) is 1. The zero-order valence-electron chi connectivity index (χ0n) is 17.1. The molecule has 3 aromatic rings. The Morgan fingerprint density at radius 2 is 1.83 bits per heavy atom. The molecular formula is C23H28N4O2. The highest BCUT2D eigenvalue weighted by Crippen LogP contribution is 2.18. The molecule has 0 radical (unpaired) electrons. The fourth-order valence-corrected chi connectivity index (χ4v) is 3.03. The Bertz CT molecular complexity index is 891. The van der Waals surface area contributed by atoms with Crippen LogP contribution >= 0.6 is 0 Å². The van der Waals surface area contributed by atoms with E-state index in [1.54, 1.807) is 0 Å². The smallest absolute Gasteiger partial charge is 0.247 e. The summed E-state index contributed by atoms with van der Waals surface area (Å²) in [6.45, 7) is 4.54. The molecule has 0 aliphatic rings.